The van der Waals surface area contributed by atoms with Crippen molar-refractivity contribution in [1.29, 1.82) is 0 Å². The second-order valence-electron chi connectivity index (χ2n) is 5.32. The lowest BCUT2D eigenvalue weighted by Crippen LogP contribution is -2.37. The molecule has 8 heteroatoms. The third-order valence-electron chi connectivity index (χ3n) is 3.52. The van der Waals surface area contributed by atoms with E-state index in [4.69, 9.17) is 9.47 Å². The summed E-state index contributed by atoms with van der Waals surface area (Å²) in [6, 6.07) is 3.52. The summed E-state index contributed by atoms with van der Waals surface area (Å²) in [6.07, 6.45) is 2.73. The zero-order valence-corrected chi connectivity index (χ0v) is 15.7. The van der Waals surface area contributed by atoms with Crippen LogP contribution in [0, 0.1) is 6.92 Å². The zero-order chi connectivity index (χ0) is 18.2. The van der Waals surface area contributed by atoms with Gasteiger partial charge in [-0.05, 0) is 24.6 Å². The van der Waals surface area contributed by atoms with Gasteiger partial charge in [-0.15, -0.1) is 11.3 Å². The minimum absolute atomic E-state index is 0.00463. The summed E-state index contributed by atoms with van der Waals surface area (Å²) in [4.78, 5) is 9.77. The fourth-order valence-corrected chi connectivity index (χ4v) is 3.05. The smallest absolute Gasteiger partial charge is 0.200 e. The van der Waals surface area contributed by atoms with E-state index in [-0.39, 0.29) is 5.75 Å². The topological polar surface area (TPSA) is 88.0 Å². The molecule has 1 heterocycles. The Morgan fingerprint density at radius 2 is 1.92 bits per heavy atom. The Balaban J connectivity index is 1.89. The van der Waals surface area contributed by atoms with Crippen LogP contribution in [0.25, 0.3) is 0 Å². The van der Waals surface area contributed by atoms with Crippen LogP contribution >= 0.6 is 11.3 Å². The first-order valence-electron chi connectivity index (χ1n) is 7.87. The highest BCUT2D eigenvalue weighted by Crippen LogP contribution is 2.36. The first-order chi connectivity index (χ1) is 12.1. The van der Waals surface area contributed by atoms with Crippen LogP contribution in [0.15, 0.2) is 23.3 Å². The van der Waals surface area contributed by atoms with Crippen molar-refractivity contribution in [2.24, 2.45) is 4.99 Å². The van der Waals surface area contributed by atoms with Gasteiger partial charge in [-0.2, -0.15) is 0 Å². The molecule has 0 spiro atoms. The molecule has 2 rings (SSSR count). The summed E-state index contributed by atoms with van der Waals surface area (Å²) in [7, 11) is 4.74. The number of nitrogens with zero attached hydrogens (tertiary/aromatic N) is 2. The molecule has 0 fully saturated rings. The Hall–Kier alpha value is -2.48. The molecule has 0 amide bonds. The molecule has 7 nitrogen and oxygen atoms in total. The average Bonchev–Trinajstić information content (AvgIpc) is 3.03. The minimum atomic E-state index is -0.00463. The Kier molecular flexibility index (Phi) is 6.88. The number of ether oxygens (including phenoxy) is 2. The third-order valence-corrected chi connectivity index (χ3v) is 4.50. The lowest BCUT2D eigenvalue weighted by atomic mass is 10.2. The van der Waals surface area contributed by atoms with Gasteiger partial charge in [0.25, 0.3) is 0 Å². The molecule has 0 atom stereocenters. The molecule has 0 radical (unpaired) electrons. The standard InChI is InChI=1S/C17H24N4O3S/c1-11-9-20-15(25-11)5-6-19-17(18-2)21-10-12-7-13(23-3)16(22)14(8-12)24-4/h7-9,22H,5-6,10H2,1-4H3,(H2,18,19,21). The highest BCUT2D eigenvalue weighted by molar-refractivity contribution is 7.11. The molecule has 0 aliphatic rings. The van der Waals surface area contributed by atoms with E-state index in [0.29, 0.717) is 24.0 Å². The average molecular weight is 364 g/mol. The molecule has 1 aromatic carbocycles. The van der Waals surface area contributed by atoms with Gasteiger partial charge in [0.2, 0.25) is 5.75 Å². The van der Waals surface area contributed by atoms with E-state index in [1.54, 1.807) is 30.5 Å². The van der Waals surface area contributed by atoms with Gasteiger partial charge in [0.1, 0.15) is 0 Å². The highest BCUT2D eigenvalue weighted by atomic mass is 32.1. The Bertz CT molecular complexity index is 705. The largest absolute Gasteiger partial charge is 0.502 e. The molecular formula is C17H24N4O3S. The number of phenols is 1. The number of thiazole rings is 1. The minimum Gasteiger partial charge on any atom is -0.502 e. The fourth-order valence-electron chi connectivity index (χ4n) is 2.26. The molecule has 0 aliphatic heterocycles. The molecule has 0 saturated heterocycles. The van der Waals surface area contributed by atoms with Gasteiger partial charge in [-0.25, -0.2) is 4.98 Å². The first kappa shape index (κ1) is 18.9. The monoisotopic (exact) mass is 364 g/mol. The maximum Gasteiger partial charge on any atom is 0.200 e. The van der Waals surface area contributed by atoms with Crippen molar-refractivity contribution in [2.45, 2.75) is 19.9 Å². The highest BCUT2D eigenvalue weighted by Gasteiger charge is 2.11. The molecule has 0 saturated carbocycles. The molecule has 3 N–H and O–H groups in total. The number of nitrogens with one attached hydrogen (secondary N) is 2. The van der Waals surface area contributed by atoms with Crippen LogP contribution in [0.2, 0.25) is 0 Å². The molecule has 25 heavy (non-hydrogen) atoms. The van der Waals surface area contributed by atoms with Crippen LogP contribution in [0.1, 0.15) is 15.4 Å². The summed E-state index contributed by atoms with van der Waals surface area (Å²) in [5, 5.41) is 17.5. The van der Waals surface area contributed by atoms with E-state index in [1.165, 1.54) is 19.1 Å². The van der Waals surface area contributed by atoms with Crippen molar-refractivity contribution in [1.82, 2.24) is 15.6 Å². The molecule has 136 valence electrons. The van der Waals surface area contributed by atoms with Crippen LogP contribution < -0.4 is 20.1 Å². The lowest BCUT2D eigenvalue weighted by Gasteiger charge is -2.14. The number of guanidine groups is 1. The zero-order valence-electron chi connectivity index (χ0n) is 14.9. The fraction of sp³-hybridized carbons (Fsp3) is 0.412. The maximum absolute atomic E-state index is 9.95. The Labute approximate surface area is 151 Å². The van der Waals surface area contributed by atoms with E-state index in [1.807, 2.05) is 6.20 Å². The van der Waals surface area contributed by atoms with Gasteiger partial charge in [0, 0.05) is 37.6 Å². The number of phenolic OH excluding ortho intramolecular Hbond substituents is 1. The van der Waals surface area contributed by atoms with Gasteiger partial charge in [0.15, 0.2) is 17.5 Å². The van der Waals surface area contributed by atoms with Gasteiger partial charge in [-0.1, -0.05) is 0 Å². The number of aromatic nitrogens is 1. The van der Waals surface area contributed by atoms with Gasteiger partial charge < -0.3 is 25.2 Å². The number of aromatic hydroxyl groups is 1. The second kappa shape index (κ2) is 9.12. The normalized spacial score (nSPS) is 11.3. The lowest BCUT2D eigenvalue weighted by molar-refractivity contribution is 0.339. The summed E-state index contributed by atoms with van der Waals surface area (Å²) in [5.41, 5.74) is 0.907. The van der Waals surface area contributed by atoms with Crippen LogP contribution in [0.5, 0.6) is 17.2 Å². The Morgan fingerprint density at radius 3 is 2.44 bits per heavy atom. The number of hydrogen-bond donors (Lipinski definition) is 3. The molecule has 2 aromatic rings. The van der Waals surface area contributed by atoms with Crippen LogP contribution in [-0.4, -0.2) is 43.9 Å². The summed E-state index contributed by atoms with van der Waals surface area (Å²) >= 11 is 1.70. The molecule has 0 aliphatic carbocycles. The number of methoxy groups -OCH3 is 2. The van der Waals surface area contributed by atoms with Crippen LogP contribution in [-0.2, 0) is 13.0 Å². The van der Waals surface area contributed by atoms with E-state index in [9.17, 15) is 5.11 Å². The number of aryl methyl sites for hydroxylation is 1. The van der Waals surface area contributed by atoms with Crippen molar-refractivity contribution in [2.75, 3.05) is 27.8 Å². The first-order valence-corrected chi connectivity index (χ1v) is 8.68. The molecule has 0 unspecified atom stereocenters. The number of hydrogen-bond acceptors (Lipinski definition) is 6. The van der Waals surface area contributed by atoms with Crippen molar-refractivity contribution in [3.05, 3.63) is 33.8 Å². The maximum atomic E-state index is 9.95. The molecular weight excluding hydrogens is 340 g/mol. The summed E-state index contributed by atoms with van der Waals surface area (Å²) in [5.74, 6) is 1.44. The van der Waals surface area contributed by atoms with Crippen LogP contribution in [0.3, 0.4) is 0 Å². The predicted octanol–water partition coefficient (Wildman–Crippen LogP) is 2.08. The molecule has 1 aromatic heterocycles. The summed E-state index contributed by atoms with van der Waals surface area (Å²) in [6.45, 7) is 3.31. The van der Waals surface area contributed by atoms with Gasteiger partial charge in [0.05, 0.1) is 19.2 Å². The van der Waals surface area contributed by atoms with E-state index in [0.717, 1.165) is 23.5 Å². The number of rotatable bonds is 7. The van der Waals surface area contributed by atoms with Crippen molar-refractivity contribution >= 4 is 17.3 Å². The van der Waals surface area contributed by atoms with Gasteiger partial charge in [-0.3, -0.25) is 4.99 Å². The van der Waals surface area contributed by atoms with E-state index >= 15 is 0 Å². The quantitative estimate of drug-likeness (QED) is 0.515. The summed E-state index contributed by atoms with van der Waals surface area (Å²) < 4.78 is 10.3. The number of benzene rings is 1. The molecule has 0 bridgehead atoms. The number of aliphatic imine (C=N–C) groups is 1. The third kappa shape index (κ3) is 5.25. The van der Waals surface area contributed by atoms with Gasteiger partial charge >= 0.3 is 0 Å². The van der Waals surface area contributed by atoms with Crippen LogP contribution in [0.4, 0.5) is 0 Å². The SMILES string of the molecule is CN=C(NCCc1ncc(C)s1)NCc1cc(OC)c(O)c(OC)c1. The van der Waals surface area contributed by atoms with Crippen molar-refractivity contribution in [3.8, 4) is 17.2 Å². The van der Waals surface area contributed by atoms with E-state index < -0.39 is 0 Å². The van der Waals surface area contributed by atoms with E-state index in [2.05, 4.69) is 27.5 Å². The predicted molar refractivity (Wildman–Crippen MR) is 100.0 cm³/mol. The Morgan fingerprint density at radius 1 is 1.24 bits per heavy atom. The second-order valence-corrected chi connectivity index (χ2v) is 6.64. The van der Waals surface area contributed by atoms with Crippen molar-refractivity contribution in [3.63, 3.8) is 0 Å². The van der Waals surface area contributed by atoms with Crippen molar-refractivity contribution < 1.29 is 14.6 Å².